The molecular weight excluding hydrogens is 167 g/mol. The lowest BCUT2D eigenvalue weighted by Gasteiger charge is -2.33. The van der Waals surface area contributed by atoms with Crippen LogP contribution in [0.4, 0.5) is 0 Å². The number of unbranched alkanes of at least 4 members (excludes halogenated alkanes) is 2. The summed E-state index contributed by atoms with van der Waals surface area (Å²) in [5.74, 6) is 0. The van der Waals surface area contributed by atoms with Gasteiger partial charge in [0.25, 0.3) is 0 Å². The Balaban J connectivity index is 3.70. The number of hydrogen-bond donors (Lipinski definition) is 0. The molecule has 0 aliphatic carbocycles. The van der Waals surface area contributed by atoms with Crippen molar-refractivity contribution in [1.29, 1.82) is 0 Å². The van der Waals surface area contributed by atoms with Gasteiger partial charge in [0.1, 0.15) is 0 Å². The van der Waals surface area contributed by atoms with Gasteiger partial charge in [-0.25, -0.2) is 8.81 Å². The monoisotopic (exact) mass is 189 g/mol. The van der Waals surface area contributed by atoms with Gasteiger partial charge in [0.15, 0.2) is 0 Å². The third-order valence-corrected chi connectivity index (χ3v) is 3.40. The van der Waals surface area contributed by atoms with Crippen LogP contribution >= 0.6 is 8.81 Å². The highest BCUT2D eigenvalue weighted by Crippen LogP contribution is 2.35. The Kier molecular flexibility index (Phi) is 7.08. The van der Waals surface area contributed by atoms with Gasteiger partial charge in [-0.3, -0.25) is 0 Å². The van der Waals surface area contributed by atoms with E-state index in [0.717, 1.165) is 12.8 Å². The summed E-state index contributed by atoms with van der Waals surface area (Å²) >= 11 is 0. The van der Waals surface area contributed by atoms with E-state index < -0.39 is 0 Å². The summed E-state index contributed by atoms with van der Waals surface area (Å²) in [6, 6.07) is 0. The molecule has 0 amide bonds. The van der Waals surface area contributed by atoms with Gasteiger partial charge in [-0.2, -0.15) is 0 Å². The highest BCUT2D eigenvalue weighted by molar-refractivity contribution is 7.31. The second kappa shape index (κ2) is 6.86. The molecule has 1 atom stereocenters. The first kappa shape index (κ1) is 12.4. The molecule has 0 radical (unpaired) electrons. The molecule has 0 saturated heterocycles. The minimum absolute atomic E-state index is 0.117. The standard InChI is InChI=1S/C10H22OP/c1-4-6-8-10(3,12-11)9-7-5-2/h12H,4-9H2,1-3H3/q-1. The third kappa shape index (κ3) is 5.11. The fourth-order valence-electron chi connectivity index (χ4n) is 1.36. The summed E-state index contributed by atoms with van der Waals surface area (Å²) in [5, 5.41) is 0.117. The Bertz CT molecular complexity index is 96.0. The molecule has 74 valence electrons. The van der Waals surface area contributed by atoms with E-state index >= 15 is 0 Å². The largest absolute Gasteiger partial charge is 0.831 e. The minimum atomic E-state index is -0.128. The van der Waals surface area contributed by atoms with Crippen LogP contribution in [0.1, 0.15) is 59.3 Å². The van der Waals surface area contributed by atoms with Gasteiger partial charge in [-0.1, -0.05) is 46.5 Å². The van der Waals surface area contributed by atoms with Crippen molar-refractivity contribution in [2.75, 3.05) is 0 Å². The van der Waals surface area contributed by atoms with Crippen molar-refractivity contribution < 1.29 is 4.89 Å². The number of hydrogen-bond acceptors (Lipinski definition) is 1. The molecule has 0 N–H and O–H groups in total. The van der Waals surface area contributed by atoms with Crippen LogP contribution in [-0.2, 0) is 0 Å². The van der Waals surface area contributed by atoms with E-state index in [4.69, 9.17) is 0 Å². The lowest BCUT2D eigenvalue weighted by molar-refractivity contribution is -0.155. The van der Waals surface area contributed by atoms with Crippen LogP contribution in [0.3, 0.4) is 0 Å². The third-order valence-electron chi connectivity index (χ3n) is 2.41. The predicted octanol–water partition coefficient (Wildman–Crippen LogP) is 3.08. The van der Waals surface area contributed by atoms with E-state index in [0.29, 0.717) is 0 Å². The summed E-state index contributed by atoms with van der Waals surface area (Å²) in [6.45, 7) is 6.53. The smallest absolute Gasteiger partial charge is 0.0297 e. The van der Waals surface area contributed by atoms with Crippen molar-refractivity contribution >= 4 is 8.81 Å². The van der Waals surface area contributed by atoms with Crippen LogP contribution in [0, 0.1) is 0 Å². The van der Waals surface area contributed by atoms with Crippen LogP contribution in [0.2, 0.25) is 0 Å². The van der Waals surface area contributed by atoms with Crippen molar-refractivity contribution in [2.24, 2.45) is 0 Å². The van der Waals surface area contributed by atoms with Crippen molar-refractivity contribution in [2.45, 2.75) is 64.5 Å². The van der Waals surface area contributed by atoms with Gasteiger partial charge in [0.05, 0.1) is 0 Å². The Morgan fingerprint density at radius 3 is 1.75 bits per heavy atom. The van der Waals surface area contributed by atoms with E-state index in [9.17, 15) is 4.89 Å². The molecule has 0 bridgehead atoms. The summed E-state index contributed by atoms with van der Waals surface area (Å²) in [5.41, 5.74) is 0. The molecular formula is C10H22OP-. The molecule has 0 aromatic heterocycles. The predicted molar refractivity (Wildman–Crippen MR) is 55.8 cm³/mol. The summed E-state index contributed by atoms with van der Waals surface area (Å²) < 4.78 is 0. The van der Waals surface area contributed by atoms with Gasteiger partial charge in [0, 0.05) is 0 Å². The molecule has 2 heteroatoms. The topological polar surface area (TPSA) is 23.1 Å². The Labute approximate surface area is 78.8 Å². The average molecular weight is 189 g/mol. The maximum absolute atomic E-state index is 11.0. The van der Waals surface area contributed by atoms with Crippen molar-refractivity contribution in [3.63, 3.8) is 0 Å². The van der Waals surface area contributed by atoms with Crippen LogP contribution < -0.4 is 4.89 Å². The first-order valence-electron chi connectivity index (χ1n) is 5.08. The van der Waals surface area contributed by atoms with Gasteiger partial charge >= 0.3 is 0 Å². The first-order chi connectivity index (χ1) is 5.68. The molecule has 0 aromatic rings. The van der Waals surface area contributed by atoms with Gasteiger partial charge in [-0.05, 0) is 18.0 Å². The quantitative estimate of drug-likeness (QED) is 0.564. The second-order valence-corrected chi connectivity index (χ2v) is 5.28. The molecule has 1 nitrogen and oxygen atoms in total. The van der Waals surface area contributed by atoms with Crippen LogP contribution in [-0.4, -0.2) is 5.16 Å². The fraction of sp³-hybridized carbons (Fsp3) is 1.00. The van der Waals surface area contributed by atoms with E-state index in [2.05, 4.69) is 20.8 Å². The van der Waals surface area contributed by atoms with Gasteiger partial charge in [-0.15, -0.1) is 0 Å². The van der Waals surface area contributed by atoms with Crippen LogP contribution in [0.25, 0.3) is 0 Å². The maximum atomic E-state index is 11.0. The van der Waals surface area contributed by atoms with Crippen LogP contribution in [0.15, 0.2) is 0 Å². The molecule has 0 spiro atoms. The molecule has 12 heavy (non-hydrogen) atoms. The fourth-order valence-corrected chi connectivity index (χ4v) is 1.92. The molecule has 0 rings (SSSR count). The molecule has 0 aliphatic rings. The molecule has 0 saturated carbocycles. The molecule has 1 unspecified atom stereocenters. The molecule has 0 fully saturated rings. The Morgan fingerprint density at radius 2 is 1.50 bits per heavy atom. The van der Waals surface area contributed by atoms with Gasteiger partial charge < -0.3 is 4.89 Å². The van der Waals surface area contributed by atoms with E-state index in [-0.39, 0.29) is 14.0 Å². The average Bonchev–Trinajstić information content (AvgIpc) is 2.11. The zero-order valence-corrected chi connectivity index (χ0v) is 9.65. The summed E-state index contributed by atoms with van der Waals surface area (Å²) in [7, 11) is -0.128. The van der Waals surface area contributed by atoms with Crippen molar-refractivity contribution in [1.82, 2.24) is 0 Å². The maximum Gasteiger partial charge on any atom is -0.0297 e. The normalized spacial score (nSPS) is 13.0. The zero-order valence-electron chi connectivity index (χ0n) is 8.65. The Morgan fingerprint density at radius 1 is 1.08 bits per heavy atom. The summed E-state index contributed by atoms with van der Waals surface area (Å²) in [6.07, 6.45) is 7.13. The van der Waals surface area contributed by atoms with Crippen molar-refractivity contribution in [3.8, 4) is 0 Å². The highest BCUT2D eigenvalue weighted by Gasteiger charge is 2.17. The number of rotatable bonds is 7. The molecule has 0 aliphatic heterocycles. The summed E-state index contributed by atoms with van der Waals surface area (Å²) in [4.78, 5) is 11.0. The van der Waals surface area contributed by atoms with Crippen molar-refractivity contribution in [3.05, 3.63) is 0 Å². The minimum Gasteiger partial charge on any atom is -0.831 e. The lowest BCUT2D eigenvalue weighted by Crippen LogP contribution is -2.21. The second-order valence-electron chi connectivity index (χ2n) is 3.87. The SMILES string of the molecule is CCCCC(C)(CCCC)P[O-]. The molecule has 0 aromatic carbocycles. The Hall–Kier alpha value is 0.390. The first-order valence-corrected chi connectivity index (χ1v) is 5.98. The van der Waals surface area contributed by atoms with E-state index in [1.54, 1.807) is 0 Å². The van der Waals surface area contributed by atoms with Crippen LogP contribution in [0.5, 0.6) is 0 Å². The highest BCUT2D eigenvalue weighted by atomic mass is 31.1. The molecule has 0 heterocycles. The van der Waals surface area contributed by atoms with Gasteiger partial charge in [0.2, 0.25) is 0 Å². The van der Waals surface area contributed by atoms with E-state index in [1.807, 2.05) is 0 Å². The lowest BCUT2D eigenvalue weighted by atomic mass is 9.97. The zero-order chi connectivity index (χ0) is 9.45. The van der Waals surface area contributed by atoms with E-state index in [1.165, 1.54) is 25.7 Å².